The normalized spacial score (nSPS) is 16.4. The Bertz CT molecular complexity index is 178. The van der Waals surface area contributed by atoms with Gasteiger partial charge in [0.1, 0.15) is 0 Å². The van der Waals surface area contributed by atoms with Gasteiger partial charge in [-0.05, 0) is 38.6 Å². The highest BCUT2D eigenvalue weighted by atomic mass is 16.2. The monoisotopic (exact) mass is 198 g/mol. The number of nitrogens with zero attached hydrogens (tertiary/aromatic N) is 1. The Hall–Kier alpha value is -0.570. The minimum atomic E-state index is 0.312. The van der Waals surface area contributed by atoms with Crippen LogP contribution in [0.3, 0.4) is 0 Å². The van der Waals surface area contributed by atoms with Crippen molar-refractivity contribution in [2.45, 2.75) is 51.0 Å². The second-order valence-electron chi connectivity index (χ2n) is 4.19. The molecule has 3 heteroatoms. The van der Waals surface area contributed by atoms with Crippen molar-refractivity contribution in [3.63, 3.8) is 0 Å². The summed E-state index contributed by atoms with van der Waals surface area (Å²) in [4.78, 5) is 13.6. The maximum absolute atomic E-state index is 11.6. The Labute approximate surface area is 86.6 Å². The van der Waals surface area contributed by atoms with E-state index in [1.54, 1.807) is 0 Å². The van der Waals surface area contributed by atoms with Crippen molar-refractivity contribution >= 4 is 5.91 Å². The molecule has 1 aliphatic carbocycles. The average Bonchev–Trinajstić information content (AvgIpc) is 2.09. The third-order valence-electron chi connectivity index (χ3n) is 3.11. The van der Waals surface area contributed by atoms with E-state index in [0.29, 0.717) is 18.4 Å². The predicted octanol–water partition coefficient (Wildman–Crippen LogP) is 1.52. The van der Waals surface area contributed by atoms with Gasteiger partial charge in [-0.25, -0.2) is 0 Å². The summed E-state index contributed by atoms with van der Waals surface area (Å²) < 4.78 is 0. The Kier molecular flexibility index (Phi) is 4.94. The van der Waals surface area contributed by atoms with Gasteiger partial charge in [0.05, 0.1) is 0 Å². The van der Waals surface area contributed by atoms with Crippen LogP contribution in [0.4, 0.5) is 0 Å². The van der Waals surface area contributed by atoms with Crippen LogP contribution in [0.1, 0.15) is 44.9 Å². The largest absolute Gasteiger partial charge is 0.343 e. The van der Waals surface area contributed by atoms with Gasteiger partial charge in [-0.1, -0.05) is 6.42 Å². The molecular formula is C11H22N2O. The Morgan fingerprint density at radius 3 is 2.57 bits per heavy atom. The minimum absolute atomic E-state index is 0.312. The van der Waals surface area contributed by atoms with Crippen LogP contribution in [0.5, 0.6) is 0 Å². The molecule has 2 N–H and O–H groups in total. The fraction of sp³-hybridized carbons (Fsp3) is 0.909. The van der Waals surface area contributed by atoms with Gasteiger partial charge in [-0.15, -0.1) is 0 Å². The molecule has 0 heterocycles. The maximum Gasteiger partial charge on any atom is 0.222 e. The lowest BCUT2D eigenvalue weighted by atomic mass is 9.91. The molecule has 82 valence electrons. The quantitative estimate of drug-likeness (QED) is 0.658. The van der Waals surface area contributed by atoms with Crippen LogP contribution in [0.2, 0.25) is 0 Å². The highest BCUT2D eigenvalue weighted by molar-refractivity contribution is 5.76. The molecule has 1 amide bonds. The molecule has 0 aromatic rings. The third kappa shape index (κ3) is 3.29. The number of rotatable bonds is 6. The SMILES string of the molecule is CN(C(=O)CCCCCN)C1CCC1. The van der Waals surface area contributed by atoms with Crippen molar-refractivity contribution in [1.82, 2.24) is 4.90 Å². The molecule has 0 saturated heterocycles. The first-order valence-corrected chi connectivity index (χ1v) is 5.71. The molecule has 0 aliphatic heterocycles. The molecule has 0 aromatic heterocycles. The Morgan fingerprint density at radius 1 is 1.36 bits per heavy atom. The van der Waals surface area contributed by atoms with Crippen LogP contribution in [0, 0.1) is 0 Å². The van der Waals surface area contributed by atoms with E-state index in [1.807, 2.05) is 11.9 Å². The van der Waals surface area contributed by atoms with E-state index in [0.717, 1.165) is 25.8 Å². The molecule has 1 saturated carbocycles. The fourth-order valence-corrected chi connectivity index (χ4v) is 1.75. The molecule has 0 atom stereocenters. The summed E-state index contributed by atoms with van der Waals surface area (Å²) in [5.74, 6) is 0.312. The van der Waals surface area contributed by atoms with E-state index in [-0.39, 0.29) is 0 Å². The van der Waals surface area contributed by atoms with Crippen molar-refractivity contribution < 1.29 is 4.79 Å². The molecule has 3 nitrogen and oxygen atoms in total. The van der Waals surface area contributed by atoms with E-state index < -0.39 is 0 Å². The molecule has 0 aromatic carbocycles. The van der Waals surface area contributed by atoms with E-state index in [1.165, 1.54) is 19.3 Å². The number of hydrogen-bond donors (Lipinski definition) is 1. The van der Waals surface area contributed by atoms with Crippen LogP contribution in [-0.2, 0) is 4.79 Å². The smallest absolute Gasteiger partial charge is 0.222 e. The molecule has 1 rings (SSSR count). The molecule has 0 unspecified atom stereocenters. The summed E-state index contributed by atoms with van der Waals surface area (Å²) in [6.45, 7) is 0.743. The van der Waals surface area contributed by atoms with Crippen LogP contribution < -0.4 is 5.73 Å². The number of unbranched alkanes of at least 4 members (excludes halogenated alkanes) is 2. The highest BCUT2D eigenvalue weighted by Gasteiger charge is 2.24. The molecule has 0 bridgehead atoms. The number of carbonyl (C=O) groups is 1. The zero-order chi connectivity index (χ0) is 10.4. The minimum Gasteiger partial charge on any atom is -0.343 e. The summed E-state index contributed by atoms with van der Waals surface area (Å²) in [5.41, 5.74) is 5.39. The zero-order valence-corrected chi connectivity index (χ0v) is 9.17. The fourth-order valence-electron chi connectivity index (χ4n) is 1.75. The molecule has 1 fully saturated rings. The number of amides is 1. The Morgan fingerprint density at radius 2 is 2.07 bits per heavy atom. The van der Waals surface area contributed by atoms with Gasteiger partial charge in [0.2, 0.25) is 5.91 Å². The van der Waals surface area contributed by atoms with Crippen molar-refractivity contribution in [3.8, 4) is 0 Å². The zero-order valence-electron chi connectivity index (χ0n) is 9.17. The third-order valence-corrected chi connectivity index (χ3v) is 3.11. The molecule has 0 radical (unpaired) electrons. The molecular weight excluding hydrogens is 176 g/mol. The lowest BCUT2D eigenvalue weighted by Crippen LogP contribution is -2.41. The number of hydrogen-bond acceptors (Lipinski definition) is 2. The maximum atomic E-state index is 11.6. The second kappa shape index (κ2) is 6.02. The summed E-state index contributed by atoms with van der Waals surface area (Å²) >= 11 is 0. The van der Waals surface area contributed by atoms with E-state index in [4.69, 9.17) is 5.73 Å². The van der Waals surface area contributed by atoms with Crippen molar-refractivity contribution in [2.75, 3.05) is 13.6 Å². The van der Waals surface area contributed by atoms with Gasteiger partial charge in [-0.3, -0.25) is 4.79 Å². The van der Waals surface area contributed by atoms with Gasteiger partial charge in [-0.2, -0.15) is 0 Å². The van der Waals surface area contributed by atoms with Gasteiger partial charge in [0.15, 0.2) is 0 Å². The summed E-state index contributed by atoms with van der Waals surface area (Å²) in [6, 6.07) is 0.539. The summed E-state index contributed by atoms with van der Waals surface area (Å²) in [5, 5.41) is 0. The predicted molar refractivity (Wildman–Crippen MR) is 57.9 cm³/mol. The van der Waals surface area contributed by atoms with E-state index >= 15 is 0 Å². The lowest BCUT2D eigenvalue weighted by Gasteiger charge is -2.34. The van der Waals surface area contributed by atoms with E-state index in [9.17, 15) is 4.79 Å². The number of nitrogens with two attached hydrogens (primary N) is 1. The first-order valence-electron chi connectivity index (χ1n) is 5.71. The van der Waals surface area contributed by atoms with Gasteiger partial charge in [0, 0.05) is 19.5 Å². The van der Waals surface area contributed by atoms with Crippen molar-refractivity contribution in [3.05, 3.63) is 0 Å². The van der Waals surface area contributed by atoms with Crippen LogP contribution >= 0.6 is 0 Å². The van der Waals surface area contributed by atoms with Crippen LogP contribution in [0.25, 0.3) is 0 Å². The van der Waals surface area contributed by atoms with E-state index in [2.05, 4.69) is 0 Å². The van der Waals surface area contributed by atoms with Gasteiger partial charge >= 0.3 is 0 Å². The van der Waals surface area contributed by atoms with Crippen molar-refractivity contribution in [2.24, 2.45) is 5.73 Å². The average molecular weight is 198 g/mol. The molecule has 0 spiro atoms. The van der Waals surface area contributed by atoms with Crippen LogP contribution in [-0.4, -0.2) is 30.4 Å². The van der Waals surface area contributed by atoms with Gasteiger partial charge < -0.3 is 10.6 Å². The second-order valence-corrected chi connectivity index (χ2v) is 4.19. The standard InChI is InChI=1S/C11H22N2O/c1-13(10-6-5-7-10)11(14)8-3-2-4-9-12/h10H,2-9,12H2,1H3. The number of carbonyl (C=O) groups excluding carboxylic acids is 1. The first kappa shape index (κ1) is 11.5. The van der Waals surface area contributed by atoms with Crippen molar-refractivity contribution in [1.29, 1.82) is 0 Å². The molecule has 1 aliphatic rings. The Balaban J connectivity index is 2.07. The highest BCUT2D eigenvalue weighted by Crippen LogP contribution is 2.24. The summed E-state index contributed by atoms with van der Waals surface area (Å²) in [6.07, 6.45) is 7.51. The van der Waals surface area contributed by atoms with Gasteiger partial charge in [0.25, 0.3) is 0 Å². The molecule has 14 heavy (non-hydrogen) atoms. The first-order chi connectivity index (χ1) is 6.75. The summed E-state index contributed by atoms with van der Waals surface area (Å²) in [7, 11) is 1.94. The van der Waals surface area contributed by atoms with Crippen LogP contribution in [0.15, 0.2) is 0 Å². The lowest BCUT2D eigenvalue weighted by molar-refractivity contribution is -0.133. The topological polar surface area (TPSA) is 46.3 Å².